The molecule has 5 aromatic rings. The summed E-state index contributed by atoms with van der Waals surface area (Å²) in [5, 5.41) is 11.2. The molecule has 7 nitrogen and oxygen atoms in total. The molecule has 0 aliphatic carbocycles. The maximum absolute atomic E-state index is 12.3. The first-order valence-corrected chi connectivity index (χ1v) is 15.5. The van der Waals surface area contributed by atoms with Crippen molar-refractivity contribution < 1.29 is 19.4 Å². The fraction of sp³-hybridized carbons (Fsp3) is 0.306. The van der Waals surface area contributed by atoms with Gasteiger partial charge in [-0.25, -0.2) is 4.98 Å². The van der Waals surface area contributed by atoms with Crippen molar-refractivity contribution in [1.82, 2.24) is 14.5 Å². The second-order valence-corrected chi connectivity index (χ2v) is 14.3. The Hall–Kier alpha value is -4.30. The van der Waals surface area contributed by atoms with E-state index >= 15 is 0 Å². The van der Waals surface area contributed by atoms with E-state index in [4.69, 9.17) is 9.47 Å². The van der Waals surface area contributed by atoms with Crippen LogP contribution in [0.1, 0.15) is 51.6 Å². The normalized spacial score (nSPS) is 12.0. The van der Waals surface area contributed by atoms with Crippen molar-refractivity contribution in [3.05, 3.63) is 102 Å². The predicted molar refractivity (Wildman–Crippen MR) is 177 cm³/mol. The SMILES string of the molecule is COc1cccc(-c2ccc(Cn3c(CC(C)(C)C(=O)O)c(SC(C)(C)C)c4cc(OCc5ccccn5)ccc43)cc2)n1. The highest BCUT2D eigenvalue weighted by molar-refractivity contribution is 8.00. The summed E-state index contributed by atoms with van der Waals surface area (Å²) in [6, 6.07) is 26.0. The molecule has 0 amide bonds. The van der Waals surface area contributed by atoms with Crippen LogP contribution in [0.3, 0.4) is 0 Å². The molecule has 0 aliphatic heterocycles. The van der Waals surface area contributed by atoms with Gasteiger partial charge in [-0.1, -0.05) is 57.2 Å². The van der Waals surface area contributed by atoms with Gasteiger partial charge in [0.25, 0.3) is 0 Å². The van der Waals surface area contributed by atoms with Crippen molar-refractivity contribution in [2.45, 2.75) is 63.8 Å². The molecule has 8 heteroatoms. The zero-order valence-electron chi connectivity index (χ0n) is 26.1. The summed E-state index contributed by atoms with van der Waals surface area (Å²) in [4.78, 5) is 22.4. The highest BCUT2D eigenvalue weighted by Gasteiger charge is 2.33. The van der Waals surface area contributed by atoms with Crippen LogP contribution in [-0.4, -0.2) is 37.5 Å². The van der Waals surface area contributed by atoms with E-state index in [1.54, 1.807) is 38.9 Å². The first kappa shape index (κ1) is 31.1. The number of ether oxygens (including phenoxy) is 2. The second kappa shape index (κ2) is 12.7. The Balaban J connectivity index is 1.58. The number of nitrogens with zero attached hydrogens (tertiary/aromatic N) is 3. The molecule has 0 fully saturated rings. The molecule has 3 aromatic heterocycles. The number of thioether (sulfide) groups is 1. The molecular weight excluding hydrogens is 570 g/mol. The minimum absolute atomic E-state index is 0.0998. The van der Waals surface area contributed by atoms with Crippen LogP contribution in [0.5, 0.6) is 11.6 Å². The third-order valence-corrected chi connectivity index (χ3v) is 8.60. The average Bonchev–Trinajstić information content (AvgIpc) is 3.26. The summed E-state index contributed by atoms with van der Waals surface area (Å²) in [7, 11) is 1.61. The second-order valence-electron chi connectivity index (χ2n) is 12.5. The largest absolute Gasteiger partial charge is 0.487 e. The number of carbonyl (C=O) groups is 1. The molecule has 0 aliphatic rings. The van der Waals surface area contributed by atoms with Gasteiger partial charge in [0.15, 0.2) is 0 Å². The Morgan fingerprint density at radius 2 is 1.73 bits per heavy atom. The molecule has 2 aromatic carbocycles. The molecule has 1 N–H and O–H groups in total. The third kappa shape index (κ3) is 7.25. The summed E-state index contributed by atoms with van der Waals surface area (Å²) in [6.45, 7) is 11.1. The van der Waals surface area contributed by atoms with E-state index in [0.29, 0.717) is 25.5 Å². The van der Waals surface area contributed by atoms with Gasteiger partial charge in [0.2, 0.25) is 5.88 Å². The number of pyridine rings is 2. The topological polar surface area (TPSA) is 86.5 Å². The quantitative estimate of drug-likeness (QED) is 0.151. The van der Waals surface area contributed by atoms with Crippen LogP contribution >= 0.6 is 11.8 Å². The van der Waals surface area contributed by atoms with Crippen LogP contribution in [0.4, 0.5) is 0 Å². The van der Waals surface area contributed by atoms with E-state index in [0.717, 1.165) is 49.8 Å². The smallest absolute Gasteiger partial charge is 0.309 e. The highest BCUT2D eigenvalue weighted by Crippen LogP contribution is 2.44. The molecule has 0 radical (unpaired) electrons. The molecule has 5 rings (SSSR count). The minimum atomic E-state index is -0.959. The Morgan fingerprint density at radius 3 is 2.39 bits per heavy atom. The van der Waals surface area contributed by atoms with E-state index < -0.39 is 11.4 Å². The van der Waals surface area contributed by atoms with Gasteiger partial charge in [0.1, 0.15) is 12.4 Å². The zero-order valence-corrected chi connectivity index (χ0v) is 26.9. The number of carboxylic acids is 1. The number of hydrogen-bond donors (Lipinski definition) is 1. The zero-order chi connectivity index (χ0) is 31.5. The summed E-state index contributed by atoms with van der Waals surface area (Å²) >= 11 is 1.77. The summed E-state index contributed by atoms with van der Waals surface area (Å²) < 4.78 is 13.6. The van der Waals surface area contributed by atoms with Gasteiger partial charge >= 0.3 is 5.97 Å². The van der Waals surface area contributed by atoms with Gasteiger partial charge in [0, 0.05) is 57.0 Å². The molecule has 0 bridgehead atoms. The number of benzene rings is 2. The van der Waals surface area contributed by atoms with Crippen LogP contribution in [-0.2, 0) is 24.4 Å². The molecule has 0 saturated heterocycles. The number of methoxy groups -OCH3 is 1. The summed E-state index contributed by atoms with van der Waals surface area (Å²) in [5.41, 5.74) is 4.88. The molecule has 0 spiro atoms. The number of aromatic nitrogens is 3. The Bertz CT molecular complexity index is 1760. The first-order valence-electron chi connectivity index (χ1n) is 14.6. The van der Waals surface area contributed by atoms with Crippen molar-refractivity contribution >= 4 is 28.6 Å². The Labute approximate surface area is 263 Å². The van der Waals surface area contributed by atoms with E-state index in [1.165, 1.54) is 0 Å². The van der Waals surface area contributed by atoms with Crippen LogP contribution < -0.4 is 9.47 Å². The molecular formula is C36H39N3O4S. The van der Waals surface area contributed by atoms with E-state index in [-0.39, 0.29) is 4.75 Å². The summed E-state index contributed by atoms with van der Waals surface area (Å²) in [6.07, 6.45) is 2.14. The Kier molecular flexibility index (Phi) is 9.02. The number of rotatable bonds is 11. The maximum atomic E-state index is 12.3. The lowest BCUT2D eigenvalue weighted by Crippen LogP contribution is -2.28. The van der Waals surface area contributed by atoms with Crippen molar-refractivity contribution in [1.29, 1.82) is 0 Å². The molecule has 228 valence electrons. The lowest BCUT2D eigenvalue weighted by atomic mass is 9.88. The molecule has 0 saturated carbocycles. The lowest BCUT2D eigenvalue weighted by Gasteiger charge is -2.24. The highest BCUT2D eigenvalue weighted by atomic mass is 32.2. The van der Waals surface area contributed by atoms with E-state index in [9.17, 15) is 9.90 Å². The van der Waals surface area contributed by atoms with Crippen molar-refractivity contribution in [3.63, 3.8) is 0 Å². The van der Waals surface area contributed by atoms with Gasteiger partial charge in [-0.05, 0) is 55.8 Å². The monoisotopic (exact) mass is 609 g/mol. The fourth-order valence-corrected chi connectivity index (χ4v) is 6.20. The molecule has 44 heavy (non-hydrogen) atoms. The van der Waals surface area contributed by atoms with Crippen molar-refractivity contribution in [2.75, 3.05) is 7.11 Å². The number of aliphatic carboxylic acids is 1. The van der Waals surface area contributed by atoms with Crippen LogP contribution in [0, 0.1) is 5.41 Å². The van der Waals surface area contributed by atoms with Gasteiger partial charge in [0.05, 0.1) is 23.9 Å². The van der Waals surface area contributed by atoms with Gasteiger partial charge in [-0.15, -0.1) is 11.8 Å². The minimum Gasteiger partial charge on any atom is -0.487 e. The predicted octanol–water partition coefficient (Wildman–Crippen LogP) is 8.28. The number of hydrogen-bond acceptors (Lipinski definition) is 6. The Morgan fingerprint density at radius 1 is 0.955 bits per heavy atom. The first-order chi connectivity index (χ1) is 20.9. The maximum Gasteiger partial charge on any atom is 0.309 e. The molecule has 0 unspecified atom stereocenters. The molecule has 3 heterocycles. The summed E-state index contributed by atoms with van der Waals surface area (Å²) in [5.74, 6) is 0.495. The van der Waals surface area contributed by atoms with Crippen LogP contribution in [0.15, 0.2) is 90.0 Å². The van der Waals surface area contributed by atoms with Crippen molar-refractivity contribution in [3.8, 4) is 22.9 Å². The fourth-order valence-electron chi connectivity index (χ4n) is 5.01. The standard InChI is InChI=1S/C36H39N3O4S/c1-35(2,3)44-33-28-20-27(43-23-26-10-7-8-19-37-26)17-18-30(28)39(31(33)21-36(4,5)34(40)41)22-24-13-15-25(16-14-24)29-11-9-12-32(38-29)42-6/h7-20H,21-23H2,1-6H3,(H,40,41). The average molecular weight is 610 g/mol. The van der Waals surface area contributed by atoms with E-state index in [2.05, 4.69) is 71.7 Å². The van der Waals surface area contributed by atoms with Gasteiger partial charge < -0.3 is 19.1 Å². The molecule has 0 atom stereocenters. The number of carboxylic acid groups (broad SMARTS) is 1. The van der Waals surface area contributed by atoms with Crippen LogP contribution in [0.2, 0.25) is 0 Å². The van der Waals surface area contributed by atoms with Crippen molar-refractivity contribution in [2.24, 2.45) is 5.41 Å². The third-order valence-electron chi connectivity index (χ3n) is 7.32. The van der Waals surface area contributed by atoms with Crippen LogP contribution in [0.25, 0.3) is 22.2 Å². The lowest BCUT2D eigenvalue weighted by molar-refractivity contribution is -0.146. The van der Waals surface area contributed by atoms with E-state index in [1.807, 2.05) is 42.5 Å². The van der Waals surface area contributed by atoms with Gasteiger partial charge in [-0.2, -0.15) is 0 Å². The number of fused-ring (bicyclic) bond motifs is 1. The van der Waals surface area contributed by atoms with Gasteiger partial charge in [-0.3, -0.25) is 9.78 Å².